The minimum Gasteiger partial charge on any atom is -0.388 e. The second-order valence-corrected chi connectivity index (χ2v) is 4.51. The normalized spacial score (nSPS) is 13.3. The van der Waals surface area contributed by atoms with Crippen molar-refractivity contribution in [3.8, 4) is 0 Å². The van der Waals surface area contributed by atoms with E-state index >= 15 is 0 Å². The number of benzene rings is 1. The Morgan fingerprint density at radius 1 is 1.21 bits per heavy atom. The van der Waals surface area contributed by atoms with Crippen LogP contribution in [-0.2, 0) is 0 Å². The maximum Gasteiger partial charge on any atom is 0.0795 e. The van der Waals surface area contributed by atoms with Crippen molar-refractivity contribution in [3.05, 3.63) is 34.9 Å². The van der Waals surface area contributed by atoms with Crippen molar-refractivity contribution >= 4 is 0 Å². The van der Waals surface area contributed by atoms with Gasteiger partial charge in [-0.2, -0.15) is 0 Å². The molecule has 0 saturated carbocycles. The van der Waals surface area contributed by atoms with Gasteiger partial charge in [-0.25, -0.2) is 0 Å². The summed E-state index contributed by atoms with van der Waals surface area (Å²) in [6, 6.07) is 6.22. The van der Waals surface area contributed by atoms with Gasteiger partial charge in [-0.3, -0.25) is 0 Å². The Balaban J connectivity index is 2.84. The van der Waals surface area contributed by atoms with E-state index in [0.717, 1.165) is 12.0 Å². The summed E-state index contributed by atoms with van der Waals surface area (Å²) >= 11 is 0. The Bertz CT molecular complexity index is 302. The van der Waals surface area contributed by atoms with Crippen LogP contribution in [0.5, 0.6) is 0 Å². The number of hydrogen-bond donors (Lipinski definition) is 1. The first-order valence-corrected chi connectivity index (χ1v) is 5.26. The molecule has 0 heterocycles. The Morgan fingerprint density at radius 2 is 1.86 bits per heavy atom. The maximum absolute atomic E-state index is 9.96. The zero-order chi connectivity index (χ0) is 10.7. The first kappa shape index (κ1) is 11.3. The van der Waals surface area contributed by atoms with E-state index < -0.39 is 0 Å². The van der Waals surface area contributed by atoms with Gasteiger partial charge in [0.15, 0.2) is 0 Å². The van der Waals surface area contributed by atoms with E-state index in [-0.39, 0.29) is 6.10 Å². The molecule has 1 N–H and O–H groups in total. The monoisotopic (exact) mass is 192 g/mol. The van der Waals surface area contributed by atoms with Crippen LogP contribution in [0, 0.1) is 19.8 Å². The van der Waals surface area contributed by atoms with Crippen molar-refractivity contribution in [2.75, 3.05) is 0 Å². The molecule has 1 heteroatoms. The van der Waals surface area contributed by atoms with Crippen LogP contribution < -0.4 is 0 Å². The van der Waals surface area contributed by atoms with Gasteiger partial charge >= 0.3 is 0 Å². The lowest BCUT2D eigenvalue weighted by atomic mass is 9.95. The quantitative estimate of drug-likeness (QED) is 0.778. The summed E-state index contributed by atoms with van der Waals surface area (Å²) in [5.74, 6) is 0.533. The highest BCUT2D eigenvalue weighted by Crippen LogP contribution is 2.24. The average molecular weight is 192 g/mol. The van der Waals surface area contributed by atoms with Crippen molar-refractivity contribution < 1.29 is 5.11 Å². The second-order valence-electron chi connectivity index (χ2n) is 4.51. The minimum absolute atomic E-state index is 0.310. The molecule has 78 valence electrons. The lowest BCUT2D eigenvalue weighted by Crippen LogP contribution is -2.03. The molecule has 1 aromatic rings. The third kappa shape index (κ3) is 2.85. The number of rotatable bonds is 3. The molecule has 1 unspecified atom stereocenters. The van der Waals surface area contributed by atoms with Crippen LogP contribution in [0.4, 0.5) is 0 Å². The SMILES string of the molecule is Cc1ccc(C(O)CC(C)C)c(C)c1. The first-order valence-electron chi connectivity index (χ1n) is 5.26. The molecule has 14 heavy (non-hydrogen) atoms. The third-order valence-electron chi connectivity index (χ3n) is 2.48. The summed E-state index contributed by atoms with van der Waals surface area (Å²) < 4.78 is 0. The number of aryl methyl sites for hydroxylation is 2. The molecule has 0 bridgehead atoms. The Kier molecular flexibility index (Phi) is 3.70. The fraction of sp³-hybridized carbons (Fsp3) is 0.538. The summed E-state index contributed by atoms with van der Waals surface area (Å²) in [4.78, 5) is 0. The lowest BCUT2D eigenvalue weighted by molar-refractivity contribution is 0.150. The van der Waals surface area contributed by atoms with Crippen molar-refractivity contribution in [1.29, 1.82) is 0 Å². The standard InChI is InChI=1S/C13H20O/c1-9(2)7-13(14)12-6-5-10(3)8-11(12)4/h5-6,8-9,13-14H,7H2,1-4H3. The predicted molar refractivity (Wildman–Crippen MR) is 60.3 cm³/mol. The zero-order valence-electron chi connectivity index (χ0n) is 9.54. The molecule has 0 spiro atoms. The molecule has 0 aliphatic rings. The van der Waals surface area contributed by atoms with Gasteiger partial charge in [0, 0.05) is 0 Å². The maximum atomic E-state index is 9.96. The molecule has 0 aliphatic carbocycles. The molecule has 0 radical (unpaired) electrons. The summed E-state index contributed by atoms with van der Waals surface area (Å²) in [6.07, 6.45) is 0.528. The average Bonchev–Trinajstić information content (AvgIpc) is 2.01. The van der Waals surface area contributed by atoms with E-state index in [1.807, 2.05) is 6.07 Å². The van der Waals surface area contributed by atoms with E-state index in [1.165, 1.54) is 11.1 Å². The van der Waals surface area contributed by atoms with E-state index in [2.05, 4.69) is 39.8 Å². The molecular weight excluding hydrogens is 172 g/mol. The largest absolute Gasteiger partial charge is 0.388 e. The number of hydrogen-bond acceptors (Lipinski definition) is 1. The Morgan fingerprint density at radius 3 is 2.36 bits per heavy atom. The van der Waals surface area contributed by atoms with E-state index in [1.54, 1.807) is 0 Å². The first-order chi connectivity index (χ1) is 6.50. The predicted octanol–water partition coefficient (Wildman–Crippen LogP) is 3.38. The molecule has 0 aliphatic heterocycles. The third-order valence-corrected chi connectivity index (χ3v) is 2.48. The Hall–Kier alpha value is -0.820. The van der Waals surface area contributed by atoms with Gasteiger partial charge in [0.2, 0.25) is 0 Å². The summed E-state index contributed by atoms with van der Waals surface area (Å²) in [5.41, 5.74) is 3.52. The highest BCUT2D eigenvalue weighted by Gasteiger charge is 2.11. The van der Waals surface area contributed by atoms with Gasteiger partial charge in [-0.15, -0.1) is 0 Å². The van der Waals surface area contributed by atoms with Crippen LogP contribution in [0.3, 0.4) is 0 Å². The number of aliphatic hydroxyl groups excluding tert-OH is 1. The zero-order valence-corrected chi connectivity index (χ0v) is 9.54. The van der Waals surface area contributed by atoms with Crippen LogP contribution in [0.2, 0.25) is 0 Å². The van der Waals surface area contributed by atoms with Crippen LogP contribution in [0.15, 0.2) is 18.2 Å². The molecular formula is C13H20O. The smallest absolute Gasteiger partial charge is 0.0795 e. The lowest BCUT2D eigenvalue weighted by Gasteiger charge is -2.16. The van der Waals surface area contributed by atoms with Crippen LogP contribution in [0.1, 0.15) is 43.1 Å². The van der Waals surface area contributed by atoms with Crippen molar-refractivity contribution in [1.82, 2.24) is 0 Å². The van der Waals surface area contributed by atoms with Gasteiger partial charge in [0.1, 0.15) is 0 Å². The van der Waals surface area contributed by atoms with E-state index in [0.29, 0.717) is 5.92 Å². The van der Waals surface area contributed by atoms with Crippen LogP contribution >= 0.6 is 0 Å². The highest BCUT2D eigenvalue weighted by atomic mass is 16.3. The molecule has 1 nitrogen and oxygen atoms in total. The second kappa shape index (κ2) is 4.61. The Labute approximate surface area is 86.8 Å². The van der Waals surface area contributed by atoms with Gasteiger partial charge < -0.3 is 5.11 Å². The fourth-order valence-corrected chi connectivity index (χ4v) is 1.77. The summed E-state index contributed by atoms with van der Waals surface area (Å²) in [7, 11) is 0. The number of aliphatic hydroxyl groups is 1. The van der Waals surface area contributed by atoms with Crippen molar-refractivity contribution in [2.45, 2.75) is 40.2 Å². The molecule has 1 aromatic carbocycles. The topological polar surface area (TPSA) is 20.2 Å². The highest BCUT2D eigenvalue weighted by molar-refractivity contribution is 5.31. The van der Waals surface area contributed by atoms with Gasteiger partial charge in [-0.05, 0) is 37.3 Å². The molecule has 0 aromatic heterocycles. The van der Waals surface area contributed by atoms with Gasteiger partial charge in [0.25, 0.3) is 0 Å². The van der Waals surface area contributed by atoms with E-state index in [4.69, 9.17) is 0 Å². The van der Waals surface area contributed by atoms with Crippen LogP contribution in [-0.4, -0.2) is 5.11 Å². The molecule has 0 amide bonds. The molecule has 1 atom stereocenters. The van der Waals surface area contributed by atoms with Gasteiger partial charge in [0.05, 0.1) is 6.10 Å². The van der Waals surface area contributed by atoms with Gasteiger partial charge in [-0.1, -0.05) is 37.6 Å². The molecule has 1 rings (SSSR count). The minimum atomic E-state index is -0.310. The van der Waals surface area contributed by atoms with Crippen molar-refractivity contribution in [3.63, 3.8) is 0 Å². The van der Waals surface area contributed by atoms with E-state index in [9.17, 15) is 5.11 Å². The fourth-order valence-electron chi connectivity index (χ4n) is 1.77. The van der Waals surface area contributed by atoms with Crippen LogP contribution in [0.25, 0.3) is 0 Å². The molecule has 0 fully saturated rings. The summed E-state index contributed by atoms with van der Waals surface area (Å²) in [6.45, 7) is 8.40. The van der Waals surface area contributed by atoms with Crippen molar-refractivity contribution in [2.24, 2.45) is 5.92 Å². The summed E-state index contributed by atoms with van der Waals surface area (Å²) in [5, 5.41) is 9.96. The molecule has 0 saturated heterocycles.